The molecular weight excluding hydrogens is 309 g/mol. The SMILES string of the molecule is CCc1nccc(-c2cn(C)nc2-c2ccc(F)cc2)c1C(=O)O. The van der Waals surface area contributed by atoms with Crippen molar-refractivity contribution in [1.29, 1.82) is 0 Å². The summed E-state index contributed by atoms with van der Waals surface area (Å²) in [4.78, 5) is 15.9. The number of nitrogens with zero attached hydrogens (tertiary/aromatic N) is 3. The van der Waals surface area contributed by atoms with Crippen LogP contribution in [-0.2, 0) is 13.5 Å². The number of carboxylic acid groups (broad SMARTS) is 1. The molecule has 24 heavy (non-hydrogen) atoms. The van der Waals surface area contributed by atoms with Crippen molar-refractivity contribution in [2.45, 2.75) is 13.3 Å². The summed E-state index contributed by atoms with van der Waals surface area (Å²) in [6, 6.07) is 7.64. The fourth-order valence-electron chi connectivity index (χ4n) is 2.74. The fraction of sp³-hybridized carbons (Fsp3) is 0.167. The first kappa shape index (κ1) is 15.9. The number of aromatic carboxylic acids is 1. The van der Waals surface area contributed by atoms with E-state index in [0.29, 0.717) is 28.9 Å². The number of carboxylic acids is 1. The first-order valence-electron chi connectivity index (χ1n) is 7.52. The number of hydrogen-bond donors (Lipinski definition) is 1. The van der Waals surface area contributed by atoms with Gasteiger partial charge < -0.3 is 5.11 Å². The van der Waals surface area contributed by atoms with Gasteiger partial charge in [-0.25, -0.2) is 9.18 Å². The molecule has 0 saturated heterocycles. The minimum Gasteiger partial charge on any atom is -0.478 e. The quantitative estimate of drug-likeness (QED) is 0.796. The van der Waals surface area contributed by atoms with Gasteiger partial charge in [0.2, 0.25) is 0 Å². The van der Waals surface area contributed by atoms with E-state index in [0.717, 1.165) is 5.56 Å². The van der Waals surface area contributed by atoms with Crippen LogP contribution >= 0.6 is 0 Å². The molecule has 0 spiro atoms. The average molecular weight is 325 g/mol. The van der Waals surface area contributed by atoms with Crippen LogP contribution in [0.5, 0.6) is 0 Å². The van der Waals surface area contributed by atoms with Gasteiger partial charge in [-0.15, -0.1) is 0 Å². The maximum Gasteiger partial charge on any atom is 0.338 e. The highest BCUT2D eigenvalue weighted by Gasteiger charge is 2.21. The molecule has 5 nitrogen and oxygen atoms in total. The Labute approximate surface area is 138 Å². The average Bonchev–Trinajstić information content (AvgIpc) is 2.96. The number of rotatable bonds is 4. The zero-order valence-electron chi connectivity index (χ0n) is 13.3. The third-order valence-electron chi connectivity index (χ3n) is 3.81. The van der Waals surface area contributed by atoms with E-state index in [1.165, 1.54) is 12.1 Å². The summed E-state index contributed by atoms with van der Waals surface area (Å²) < 4.78 is 14.8. The highest BCUT2D eigenvalue weighted by molar-refractivity contribution is 5.99. The molecule has 0 unspecified atom stereocenters. The number of aryl methyl sites for hydroxylation is 2. The lowest BCUT2D eigenvalue weighted by Gasteiger charge is -2.10. The maximum atomic E-state index is 13.2. The van der Waals surface area contributed by atoms with Gasteiger partial charge in [0.15, 0.2) is 0 Å². The van der Waals surface area contributed by atoms with Crippen molar-refractivity contribution in [3.05, 3.63) is 59.8 Å². The summed E-state index contributed by atoms with van der Waals surface area (Å²) in [6.45, 7) is 1.86. The molecule has 1 aromatic carbocycles. The molecule has 122 valence electrons. The van der Waals surface area contributed by atoms with Crippen LogP contribution in [0, 0.1) is 5.82 Å². The topological polar surface area (TPSA) is 68.0 Å². The third kappa shape index (κ3) is 2.78. The number of benzene rings is 1. The van der Waals surface area contributed by atoms with Crippen molar-refractivity contribution < 1.29 is 14.3 Å². The standard InChI is InChI=1S/C18H16FN3O2/c1-3-15-16(18(23)24)13(8-9-20-15)14-10-22(2)21-17(14)11-4-6-12(19)7-5-11/h4-10H,3H2,1-2H3,(H,23,24). The molecule has 2 aromatic heterocycles. The number of hydrogen-bond acceptors (Lipinski definition) is 3. The molecule has 2 heterocycles. The zero-order valence-corrected chi connectivity index (χ0v) is 13.3. The molecule has 0 fully saturated rings. The highest BCUT2D eigenvalue weighted by atomic mass is 19.1. The Kier molecular flexibility index (Phi) is 4.12. The molecular formula is C18H16FN3O2. The normalized spacial score (nSPS) is 10.8. The fourth-order valence-corrected chi connectivity index (χ4v) is 2.74. The first-order chi connectivity index (χ1) is 11.5. The molecule has 0 saturated carbocycles. The van der Waals surface area contributed by atoms with E-state index in [9.17, 15) is 14.3 Å². The lowest BCUT2D eigenvalue weighted by Crippen LogP contribution is -2.06. The van der Waals surface area contributed by atoms with Gasteiger partial charge in [0, 0.05) is 36.1 Å². The Morgan fingerprint density at radius 3 is 2.54 bits per heavy atom. The Bertz CT molecular complexity index is 901. The van der Waals surface area contributed by atoms with E-state index in [4.69, 9.17) is 0 Å². The second-order valence-corrected chi connectivity index (χ2v) is 5.41. The number of aromatic nitrogens is 3. The highest BCUT2D eigenvalue weighted by Crippen LogP contribution is 2.34. The number of halogens is 1. The van der Waals surface area contributed by atoms with Crippen LogP contribution < -0.4 is 0 Å². The van der Waals surface area contributed by atoms with Gasteiger partial charge in [-0.3, -0.25) is 9.67 Å². The summed E-state index contributed by atoms with van der Waals surface area (Å²) in [7, 11) is 1.76. The molecule has 0 aliphatic rings. The lowest BCUT2D eigenvalue weighted by atomic mass is 9.96. The Balaban J connectivity index is 2.25. The predicted octanol–water partition coefficient (Wildman–Crippen LogP) is 3.55. The Morgan fingerprint density at radius 1 is 1.21 bits per heavy atom. The van der Waals surface area contributed by atoms with E-state index in [2.05, 4.69) is 10.1 Å². The smallest absolute Gasteiger partial charge is 0.338 e. The van der Waals surface area contributed by atoms with E-state index in [-0.39, 0.29) is 11.4 Å². The molecule has 0 atom stereocenters. The molecule has 3 aromatic rings. The maximum absolute atomic E-state index is 13.2. The van der Waals surface area contributed by atoms with Crippen LogP contribution in [-0.4, -0.2) is 25.8 Å². The summed E-state index contributed by atoms with van der Waals surface area (Å²) in [5.41, 5.74) is 3.26. The van der Waals surface area contributed by atoms with Crippen molar-refractivity contribution in [2.75, 3.05) is 0 Å². The molecule has 0 bridgehead atoms. The van der Waals surface area contributed by atoms with E-state index >= 15 is 0 Å². The largest absolute Gasteiger partial charge is 0.478 e. The van der Waals surface area contributed by atoms with E-state index in [1.807, 2.05) is 6.92 Å². The summed E-state index contributed by atoms with van der Waals surface area (Å²) in [6.07, 6.45) is 3.88. The van der Waals surface area contributed by atoms with Crippen molar-refractivity contribution in [3.8, 4) is 22.4 Å². The second kappa shape index (κ2) is 6.23. The lowest BCUT2D eigenvalue weighted by molar-refractivity contribution is 0.0696. The third-order valence-corrected chi connectivity index (χ3v) is 3.81. The number of carbonyl (C=O) groups is 1. The van der Waals surface area contributed by atoms with Crippen molar-refractivity contribution in [1.82, 2.24) is 14.8 Å². The van der Waals surface area contributed by atoms with Crippen molar-refractivity contribution in [3.63, 3.8) is 0 Å². The predicted molar refractivity (Wildman–Crippen MR) is 88.2 cm³/mol. The number of pyridine rings is 1. The minimum atomic E-state index is -1.02. The summed E-state index contributed by atoms with van der Waals surface area (Å²) in [5, 5.41) is 14.1. The minimum absolute atomic E-state index is 0.177. The van der Waals surface area contributed by atoms with Gasteiger partial charge in [-0.2, -0.15) is 5.10 Å². The molecule has 3 rings (SSSR count). The molecule has 1 N–H and O–H groups in total. The van der Waals surface area contributed by atoms with Gasteiger partial charge in [0.25, 0.3) is 0 Å². The van der Waals surface area contributed by atoms with Crippen LogP contribution in [0.2, 0.25) is 0 Å². The van der Waals surface area contributed by atoms with Crippen LogP contribution in [0.25, 0.3) is 22.4 Å². The zero-order chi connectivity index (χ0) is 17.3. The van der Waals surface area contributed by atoms with Crippen LogP contribution in [0.4, 0.5) is 4.39 Å². The Morgan fingerprint density at radius 2 is 1.92 bits per heavy atom. The van der Waals surface area contributed by atoms with E-state index < -0.39 is 5.97 Å². The summed E-state index contributed by atoms with van der Waals surface area (Å²) in [5.74, 6) is -1.36. The van der Waals surface area contributed by atoms with Gasteiger partial charge >= 0.3 is 5.97 Å². The van der Waals surface area contributed by atoms with Crippen LogP contribution in [0.1, 0.15) is 23.0 Å². The van der Waals surface area contributed by atoms with Crippen LogP contribution in [0.3, 0.4) is 0 Å². The molecule has 0 radical (unpaired) electrons. The molecule has 0 aliphatic carbocycles. The van der Waals surface area contributed by atoms with Gasteiger partial charge in [-0.05, 0) is 36.8 Å². The van der Waals surface area contributed by atoms with Crippen molar-refractivity contribution >= 4 is 5.97 Å². The molecule has 0 aliphatic heterocycles. The first-order valence-corrected chi connectivity index (χ1v) is 7.52. The summed E-state index contributed by atoms with van der Waals surface area (Å²) >= 11 is 0. The van der Waals surface area contributed by atoms with E-state index in [1.54, 1.807) is 42.3 Å². The van der Waals surface area contributed by atoms with Gasteiger partial charge in [0.05, 0.1) is 11.3 Å². The monoisotopic (exact) mass is 325 g/mol. The van der Waals surface area contributed by atoms with Gasteiger partial charge in [-0.1, -0.05) is 6.92 Å². The van der Waals surface area contributed by atoms with Crippen molar-refractivity contribution in [2.24, 2.45) is 7.05 Å². The molecule has 0 amide bonds. The second-order valence-electron chi connectivity index (χ2n) is 5.41. The van der Waals surface area contributed by atoms with Gasteiger partial charge in [0.1, 0.15) is 11.5 Å². The molecule has 6 heteroatoms. The van der Waals surface area contributed by atoms with Crippen LogP contribution in [0.15, 0.2) is 42.7 Å². The Hall–Kier alpha value is -3.02.